The predicted molar refractivity (Wildman–Crippen MR) is 46.1 cm³/mol. The number of halogens is 1. The maximum atomic E-state index is 8.36. The average Bonchev–Trinajstić information content (AvgIpc) is 2.04. The van der Waals surface area contributed by atoms with Crippen LogP contribution in [0.1, 0.15) is 5.56 Å². The Morgan fingerprint density at radius 2 is 2.00 bits per heavy atom. The highest BCUT2D eigenvalue weighted by Gasteiger charge is 1.86. The summed E-state index contributed by atoms with van der Waals surface area (Å²) in [5.41, 5.74) is 0.934. The topological polar surface area (TPSA) is 32.6 Å². The summed E-state index contributed by atoms with van der Waals surface area (Å²) < 4.78 is 0. The van der Waals surface area contributed by atoms with Gasteiger partial charge < -0.3 is 5.11 Å². The zero-order chi connectivity index (χ0) is 8.10. The quantitative estimate of drug-likeness (QED) is 0.672. The number of hydrogen-bond donors (Lipinski definition) is 1. The molecule has 0 aliphatic carbocycles. The maximum Gasteiger partial charge on any atom is 0.134 e. The molecule has 0 radical (unpaired) electrons. The Kier molecular flexibility index (Phi) is 3.08. The van der Waals surface area contributed by atoms with Crippen LogP contribution in [0.5, 0.6) is 0 Å². The van der Waals surface area contributed by atoms with E-state index in [4.69, 9.17) is 16.7 Å². The number of nitrogens with zero attached hydrogens (tertiary/aromatic N) is 1. The molecule has 0 bridgehead atoms. The third-order valence-corrected chi connectivity index (χ3v) is 1.44. The SMILES string of the molecule is OC/N=C/c1ccc(Cl)cc1. The van der Waals surface area contributed by atoms with Gasteiger partial charge in [0, 0.05) is 11.2 Å². The lowest BCUT2D eigenvalue weighted by atomic mass is 10.2. The third-order valence-electron chi connectivity index (χ3n) is 1.19. The molecule has 11 heavy (non-hydrogen) atoms. The number of aliphatic hydroxyl groups is 1. The Balaban J connectivity index is 2.73. The lowest BCUT2D eigenvalue weighted by Gasteiger charge is -1.91. The minimum atomic E-state index is -0.178. The summed E-state index contributed by atoms with van der Waals surface area (Å²) >= 11 is 5.65. The first kappa shape index (κ1) is 8.24. The van der Waals surface area contributed by atoms with Crippen LogP contribution < -0.4 is 0 Å². The summed E-state index contributed by atoms with van der Waals surface area (Å²) in [4.78, 5) is 3.66. The van der Waals surface area contributed by atoms with E-state index in [1.165, 1.54) is 0 Å². The summed E-state index contributed by atoms with van der Waals surface area (Å²) in [5, 5.41) is 9.06. The molecule has 0 saturated heterocycles. The molecule has 1 N–H and O–H groups in total. The Hall–Kier alpha value is -0.860. The van der Waals surface area contributed by atoms with Gasteiger partial charge in [0.1, 0.15) is 6.73 Å². The van der Waals surface area contributed by atoms with Crippen molar-refractivity contribution in [1.82, 2.24) is 0 Å². The van der Waals surface area contributed by atoms with Gasteiger partial charge in [-0.25, -0.2) is 0 Å². The van der Waals surface area contributed by atoms with E-state index in [-0.39, 0.29) is 6.73 Å². The predicted octanol–water partition coefficient (Wildman–Crippen LogP) is 1.71. The van der Waals surface area contributed by atoms with E-state index < -0.39 is 0 Å². The van der Waals surface area contributed by atoms with Crippen LogP contribution in [-0.4, -0.2) is 18.1 Å². The van der Waals surface area contributed by atoms with Crippen molar-refractivity contribution in [2.75, 3.05) is 6.73 Å². The van der Waals surface area contributed by atoms with Crippen molar-refractivity contribution >= 4 is 17.8 Å². The minimum absolute atomic E-state index is 0.178. The molecule has 0 unspecified atom stereocenters. The normalized spacial score (nSPS) is 10.7. The van der Waals surface area contributed by atoms with Crippen LogP contribution in [0.15, 0.2) is 29.3 Å². The molecule has 58 valence electrons. The largest absolute Gasteiger partial charge is 0.375 e. The second kappa shape index (κ2) is 4.11. The van der Waals surface area contributed by atoms with Gasteiger partial charge in [-0.1, -0.05) is 23.7 Å². The van der Waals surface area contributed by atoms with Crippen LogP contribution in [0.2, 0.25) is 5.02 Å². The van der Waals surface area contributed by atoms with Crippen molar-refractivity contribution in [2.24, 2.45) is 4.99 Å². The smallest absolute Gasteiger partial charge is 0.134 e. The van der Waals surface area contributed by atoms with Gasteiger partial charge in [0.15, 0.2) is 0 Å². The number of hydrogen-bond acceptors (Lipinski definition) is 2. The van der Waals surface area contributed by atoms with Crippen molar-refractivity contribution in [3.8, 4) is 0 Å². The van der Waals surface area contributed by atoms with Crippen molar-refractivity contribution in [3.05, 3.63) is 34.9 Å². The van der Waals surface area contributed by atoms with Gasteiger partial charge in [0.2, 0.25) is 0 Å². The number of rotatable bonds is 2. The monoisotopic (exact) mass is 169 g/mol. The van der Waals surface area contributed by atoms with Gasteiger partial charge in [-0.3, -0.25) is 4.99 Å². The standard InChI is InChI=1S/C8H8ClNO/c9-8-3-1-7(2-4-8)5-10-6-11/h1-5,11H,6H2/b10-5+. The van der Waals surface area contributed by atoms with Gasteiger partial charge in [-0.05, 0) is 17.7 Å². The van der Waals surface area contributed by atoms with Gasteiger partial charge in [-0.15, -0.1) is 0 Å². The molecular formula is C8H8ClNO. The second-order valence-electron chi connectivity index (χ2n) is 2.00. The van der Waals surface area contributed by atoms with Crippen LogP contribution in [0.3, 0.4) is 0 Å². The lowest BCUT2D eigenvalue weighted by molar-refractivity contribution is 0.310. The van der Waals surface area contributed by atoms with E-state index in [0.29, 0.717) is 5.02 Å². The summed E-state index contributed by atoms with van der Waals surface area (Å²) in [6, 6.07) is 7.23. The Morgan fingerprint density at radius 3 is 2.55 bits per heavy atom. The minimum Gasteiger partial charge on any atom is -0.375 e. The molecule has 0 fully saturated rings. The van der Waals surface area contributed by atoms with Crippen LogP contribution in [0.4, 0.5) is 0 Å². The van der Waals surface area contributed by atoms with E-state index in [0.717, 1.165) is 5.56 Å². The summed E-state index contributed by atoms with van der Waals surface area (Å²) in [7, 11) is 0. The van der Waals surface area contributed by atoms with Crippen LogP contribution in [-0.2, 0) is 0 Å². The summed E-state index contributed by atoms with van der Waals surface area (Å²) in [6.07, 6.45) is 1.59. The molecule has 1 aromatic rings. The average molecular weight is 170 g/mol. The zero-order valence-electron chi connectivity index (χ0n) is 5.87. The summed E-state index contributed by atoms with van der Waals surface area (Å²) in [6.45, 7) is -0.178. The van der Waals surface area contributed by atoms with Crippen molar-refractivity contribution in [3.63, 3.8) is 0 Å². The Labute approximate surface area is 70.2 Å². The van der Waals surface area contributed by atoms with Crippen LogP contribution in [0, 0.1) is 0 Å². The van der Waals surface area contributed by atoms with E-state index in [2.05, 4.69) is 4.99 Å². The second-order valence-corrected chi connectivity index (χ2v) is 2.44. The molecule has 0 saturated carbocycles. The van der Waals surface area contributed by atoms with Crippen molar-refractivity contribution < 1.29 is 5.11 Å². The van der Waals surface area contributed by atoms with Crippen LogP contribution in [0.25, 0.3) is 0 Å². The van der Waals surface area contributed by atoms with Crippen LogP contribution >= 0.6 is 11.6 Å². The van der Waals surface area contributed by atoms with Crippen molar-refractivity contribution in [2.45, 2.75) is 0 Å². The number of aliphatic imine (C=N–C) groups is 1. The zero-order valence-corrected chi connectivity index (χ0v) is 6.62. The molecular weight excluding hydrogens is 162 g/mol. The van der Waals surface area contributed by atoms with Gasteiger partial charge in [0.25, 0.3) is 0 Å². The lowest BCUT2D eigenvalue weighted by Crippen LogP contribution is -1.81. The fourth-order valence-corrected chi connectivity index (χ4v) is 0.821. The third kappa shape index (κ3) is 2.70. The van der Waals surface area contributed by atoms with Gasteiger partial charge >= 0.3 is 0 Å². The molecule has 0 aliphatic heterocycles. The molecule has 3 heteroatoms. The van der Waals surface area contributed by atoms with E-state index >= 15 is 0 Å². The van der Waals surface area contributed by atoms with Gasteiger partial charge in [-0.2, -0.15) is 0 Å². The number of benzene rings is 1. The molecule has 0 aromatic heterocycles. The molecule has 0 spiro atoms. The first-order valence-corrected chi connectivity index (χ1v) is 3.57. The van der Waals surface area contributed by atoms with E-state index in [1.807, 2.05) is 12.1 Å². The number of aliphatic hydroxyl groups excluding tert-OH is 1. The molecule has 0 atom stereocenters. The molecule has 1 aromatic carbocycles. The highest BCUT2D eigenvalue weighted by Crippen LogP contribution is 2.07. The first-order valence-electron chi connectivity index (χ1n) is 3.19. The Morgan fingerprint density at radius 1 is 1.36 bits per heavy atom. The van der Waals surface area contributed by atoms with Crippen molar-refractivity contribution in [1.29, 1.82) is 0 Å². The highest BCUT2D eigenvalue weighted by molar-refractivity contribution is 6.30. The Bertz CT molecular complexity index is 243. The fourth-order valence-electron chi connectivity index (χ4n) is 0.695. The molecule has 2 nitrogen and oxygen atoms in total. The molecule has 1 rings (SSSR count). The highest BCUT2D eigenvalue weighted by atomic mass is 35.5. The fraction of sp³-hybridized carbons (Fsp3) is 0.125. The maximum absolute atomic E-state index is 8.36. The first-order chi connectivity index (χ1) is 5.33. The van der Waals surface area contributed by atoms with E-state index in [1.54, 1.807) is 18.3 Å². The summed E-state index contributed by atoms with van der Waals surface area (Å²) in [5.74, 6) is 0. The molecule has 0 amide bonds. The molecule has 0 heterocycles. The van der Waals surface area contributed by atoms with Gasteiger partial charge in [0.05, 0.1) is 0 Å². The molecule has 0 aliphatic rings. The van der Waals surface area contributed by atoms with E-state index in [9.17, 15) is 0 Å².